The van der Waals surface area contributed by atoms with E-state index in [9.17, 15) is 13.2 Å². The summed E-state index contributed by atoms with van der Waals surface area (Å²) >= 11 is 0. The molecule has 0 atom stereocenters. The highest BCUT2D eigenvalue weighted by atomic mass is 32.2. The summed E-state index contributed by atoms with van der Waals surface area (Å²) in [7, 11) is -3.54. The highest BCUT2D eigenvalue weighted by Crippen LogP contribution is 2.21. The zero-order valence-corrected chi connectivity index (χ0v) is 15.7. The second-order valence-corrected chi connectivity index (χ2v) is 8.19. The Bertz CT molecular complexity index is 901. The van der Waals surface area contributed by atoms with E-state index in [1.54, 1.807) is 30.3 Å². The number of piperazine rings is 1. The topological polar surface area (TPSA) is 77.9 Å². The molecule has 0 saturated carbocycles. The van der Waals surface area contributed by atoms with E-state index >= 15 is 0 Å². The summed E-state index contributed by atoms with van der Waals surface area (Å²) in [4.78, 5) is 13.5. The molecule has 0 unspecified atom stereocenters. The fourth-order valence-corrected chi connectivity index (χ4v) is 4.39. The Morgan fingerprint density at radius 1 is 0.963 bits per heavy atom. The van der Waals surface area contributed by atoms with Gasteiger partial charge in [-0.05, 0) is 35.9 Å². The highest BCUT2D eigenvalue weighted by Gasteiger charge is 2.28. The number of rotatable bonds is 6. The van der Waals surface area contributed by atoms with Crippen molar-refractivity contribution in [2.24, 2.45) is 0 Å². The molecule has 1 N–H and O–H groups in total. The van der Waals surface area contributed by atoms with Crippen molar-refractivity contribution in [3.63, 3.8) is 0 Å². The van der Waals surface area contributed by atoms with Crippen LogP contribution >= 0.6 is 0 Å². The first-order valence-electron chi connectivity index (χ1n) is 8.73. The Labute approximate surface area is 159 Å². The van der Waals surface area contributed by atoms with E-state index in [4.69, 9.17) is 5.11 Å². The molecule has 1 fully saturated rings. The zero-order valence-electron chi connectivity index (χ0n) is 14.9. The van der Waals surface area contributed by atoms with Gasteiger partial charge in [-0.15, -0.1) is 0 Å². The molecule has 0 radical (unpaired) electrons. The maximum atomic E-state index is 12.9. The highest BCUT2D eigenvalue weighted by molar-refractivity contribution is 7.89. The number of para-hydroxylation sites is 1. The fraction of sp³-hybridized carbons (Fsp3) is 0.250. The van der Waals surface area contributed by atoms with Crippen LogP contribution in [0, 0.1) is 0 Å². The van der Waals surface area contributed by atoms with Crippen molar-refractivity contribution >= 4 is 27.6 Å². The van der Waals surface area contributed by atoms with Crippen molar-refractivity contribution in [2.75, 3.05) is 37.7 Å². The fourth-order valence-electron chi connectivity index (χ4n) is 2.97. The minimum absolute atomic E-state index is 0.237. The van der Waals surface area contributed by atoms with Crippen LogP contribution in [-0.4, -0.2) is 56.4 Å². The number of ketones is 1. The van der Waals surface area contributed by atoms with Gasteiger partial charge in [0.2, 0.25) is 10.0 Å². The number of hydrogen-bond acceptors (Lipinski definition) is 5. The summed E-state index contributed by atoms with van der Waals surface area (Å²) in [5.74, 6) is -0.400. The Kier molecular flexibility index (Phi) is 6.05. The average Bonchev–Trinajstić information content (AvgIpc) is 2.73. The van der Waals surface area contributed by atoms with Crippen LogP contribution in [0.1, 0.15) is 5.56 Å². The van der Waals surface area contributed by atoms with Crippen LogP contribution in [0.2, 0.25) is 0 Å². The molecule has 6 nitrogen and oxygen atoms in total. The van der Waals surface area contributed by atoms with Crippen LogP contribution in [0.25, 0.3) is 6.08 Å². The number of aliphatic hydroxyl groups is 1. The molecule has 142 valence electrons. The van der Waals surface area contributed by atoms with E-state index in [-0.39, 0.29) is 4.90 Å². The molecule has 2 aromatic rings. The van der Waals surface area contributed by atoms with Gasteiger partial charge in [0.25, 0.3) is 0 Å². The first kappa shape index (κ1) is 19.3. The maximum Gasteiger partial charge on any atom is 0.243 e. The second-order valence-electron chi connectivity index (χ2n) is 6.25. The SMILES string of the molecule is O=C(/C=C/c1ccc(S(=O)(=O)N2CCN(c3ccccc3)CC2)cc1)CO. The van der Waals surface area contributed by atoms with Crippen LogP contribution < -0.4 is 4.90 Å². The first-order chi connectivity index (χ1) is 13.0. The van der Waals surface area contributed by atoms with E-state index in [1.807, 2.05) is 30.3 Å². The summed E-state index contributed by atoms with van der Waals surface area (Å²) in [5.41, 5.74) is 1.80. The van der Waals surface area contributed by atoms with Crippen LogP contribution in [0.3, 0.4) is 0 Å². The maximum absolute atomic E-state index is 12.9. The quantitative estimate of drug-likeness (QED) is 0.766. The standard InChI is InChI=1S/C20H22N2O4S/c23-16-19(24)9-6-17-7-10-20(11-8-17)27(25,26)22-14-12-21(13-15-22)18-4-2-1-3-5-18/h1-11,23H,12-16H2/b9-6+. The lowest BCUT2D eigenvalue weighted by Gasteiger charge is -2.35. The molecule has 1 heterocycles. The summed E-state index contributed by atoms with van der Waals surface area (Å²) in [5, 5.41) is 8.71. The molecule has 7 heteroatoms. The molecular formula is C20H22N2O4S. The molecule has 3 rings (SSSR count). The number of aliphatic hydroxyl groups excluding tert-OH is 1. The average molecular weight is 386 g/mol. The number of benzene rings is 2. The number of anilines is 1. The van der Waals surface area contributed by atoms with Crippen molar-refractivity contribution in [3.8, 4) is 0 Å². The van der Waals surface area contributed by atoms with Crippen molar-refractivity contribution in [2.45, 2.75) is 4.90 Å². The predicted octanol–water partition coefficient (Wildman–Crippen LogP) is 1.77. The van der Waals surface area contributed by atoms with Gasteiger partial charge < -0.3 is 10.0 Å². The molecule has 1 aliphatic rings. The van der Waals surface area contributed by atoms with Crippen molar-refractivity contribution in [1.82, 2.24) is 4.31 Å². The molecule has 1 aliphatic heterocycles. The molecule has 0 spiro atoms. The Morgan fingerprint density at radius 2 is 1.59 bits per heavy atom. The van der Waals surface area contributed by atoms with Crippen molar-refractivity contribution < 1.29 is 18.3 Å². The van der Waals surface area contributed by atoms with E-state index in [2.05, 4.69) is 4.90 Å². The number of sulfonamides is 1. The molecule has 2 aromatic carbocycles. The van der Waals surface area contributed by atoms with Crippen molar-refractivity contribution in [1.29, 1.82) is 0 Å². The van der Waals surface area contributed by atoms with Gasteiger partial charge >= 0.3 is 0 Å². The first-order valence-corrected chi connectivity index (χ1v) is 10.2. The third-order valence-corrected chi connectivity index (χ3v) is 6.41. The third kappa shape index (κ3) is 4.63. The van der Waals surface area contributed by atoms with Crippen LogP contribution in [0.15, 0.2) is 65.6 Å². The molecular weight excluding hydrogens is 364 g/mol. The normalized spacial score (nSPS) is 16.0. The van der Waals surface area contributed by atoms with Gasteiger partial charge in [0.15, 0.2) is 5.78 Å². The monoisotopic (exact) mass is 386 g/mol. The Morgan fingerprint density at radius 3 is 2.19 bits per heavy atom. The molecule has 0 aromatic heterocycles. The molecule has 0 amide bonds. The van der Waals surface area contributed by atoms with Crippen LogP contribution in [0.4, 0.5) is 5.69 Å². The summed E-state index contributed by atoms with van der Waals surface area (Å²) in [6, 6.07) is 16.3. The minimum Gasteiger partial charge on any atom is -0.388 e. The van der Waals surface area contributed by atoms with Gasteiger partial charge in [0.1, 0.15) is 6.61 Å². The smallest absolute Gasteiger partial charge is 0.243 e. The number of carbonyl (C=O) groups excluding carboxylic acids is 1. The largest absolute Gasteiger partial charge is 0.388 e. The van der Waals surface area contributed by atoms with E-state index < -0.39 is 22.4 Å². The molecule has 0 aliphatic carbocycles. The van der Waals surface area contributed by atoms with Crippen LogP contribution in [0.5, 0.6) is 0 Å². The number of hydrogen-bond donors (Lipinski definition) is 1. The second kappa shape index (κ2) is 8.47. The summed E-state index contributed by atoms with van der Waals surface area (Å²) in [6.45, 7) is 1.62. The lowest BCUT2D eigenvalue weighted by molar-refractivity contribution is -0.117. The van der Waals surface area contributed by atoms with Gasteiger partial charge in [-0.1, -0.05) is 36.4 Å². The van der Waals surface area contributed by atoms with Gasteiger partial charge in [0, 0.05) is 31.9 Å². The molecule has 0 bridgehead atoms. The van der Waals surface area contributed by atoms with E-state index in [0.29, 0.717) is 31.7 Å². The molecule has 1 saturated heterocycles. The van der Waals surface area contributed by atoms with Gasteiger partial charge in [-0.25, -0.2) is 8.42 Å². The third-order valence-electron chi connectivity index (χ3n) is 4.50. The lowest BCUT2D eigenvalue weighted by atomic mass is 10.2. The Hall–Kier alpha value is -2.48. The van der Waals surface area contributed by atoms with Gasteiger partial charge in [0.05, 0.1) is 4.90 Å². The predicted molar refractivity (Wildman–Crippen MR) is 105 cm³/mol. The van der Waals surface area contributed by atoms with Crippen LogP contribution in [-0.2, 0) is 14.8 Å². The van der Waals surface area contributed by atoms with Crippen molar-refractivity contribution in [3.05, 3.63) is 66.2 Å². The number of carbonyl (C=O) groups is 1. The number of nitrogens with zero attached hydrogens (tertiary/aromatic N) is 2. The Balaban J connectivity index is 1.66. The summed E-state index contributed by atoms with van der Waals surface area (Å²) in [6.07, 6.45) is 2.82. The van der Waals surface area contributed by atoms with Gasteiger partial charge in [-0.3, -0.25) is 4.79 Å². The minimum atomic E-state index is -3.54. The molecule has 27 heavy (non-hydrogen) atoms. The van der Waals surface area contributed by atoms with Gasteiger partial charge in [-0.2, -0.15) is 4.31 Å². The summed E-state index contributed by atoms with van der Waals surface area (Å²) < 4.78 is 27.2. The lowest BCUT2D eigenvalue weighted by Crippen LogP contribution is -2.48. The van der Waals surface area contributed by atoms with E-state index in [1.165, 1.54) is 10.4 Å². The van der Waals surface area contributed by atoms with E-state index in [0.717, 1.165) is 5.69 Å². The zero-order chi connectivity index (χ0) is 19.3.